The number of halogens is 1. The van der Waals surface area contributed by atoms with E-state index in [1.807, 2.05) is 20.8 Å². The molecule has 6 heteroatoms. The molecule has 14 heavy (non-hydrogen) atoms. The summed E-state index contributed by atoms with van der Waals surface area (Å²) in [6, 6.07) is 0. The number of aromatic nitrogens is 1. The molecular weight excluding hydrogens is 225 g/mol. The number of hydrogen-bond acceptors (Lipinski definition) is 4. The normalized spacial score (nSPS) is 13.1. The van der Waals surface area contributed by atoms with Crippen molar-refractivity contribution in [3.63, 3.8) is 0 Å². The average Bonchev–Trinajstić information content (AvgIpc) is 2.29. The van der Waals surface area contributed by atoms with Crippen molar-refractivity contribution in [1.29, 1.82) is 0 Å². The molecule has 0 radical (unpaired) electrons. The standard InChI is InChI=1S/C8H12FNO2S2/c1-8(2,3)7-10-4-6(13-7)5-14(9,11)12/h4H,5H2,1-3H3. The lowest BCUT2D eigenvalue weighted by Crippen LogP contribution is -2.09. The van der Waals surface area contributed by atoms with Gasteiger partial charge >= 0.3 is 10.2 Å². The van der Waals surface area contributed by atoms with Crippen LogP contribution in [0, 0.1) is 0 Å². The van der Waals surface area contributed by atoms with Crippen molar-refractivity contribution in [2.75, 3.05) is 0 Å². The summed E-state index contributed by atoms with van der Waals surface area (Å²) in [4.78, 5) is 4.50. The van der Waals surface area contributed by atoms with E-state index in [2.05, 4.69) is 4.98 Å². The van der Waals surface area contributed by atoms with Gasteiger partial charge in [0.2, 0.25) is 0 Å². The monoisotopic (exact) mass is 237 g/mol. The van der Waals surface area contributed by atoms with Crippen LogP contribution in [0.25, 0.3) is 0 Å². The highest BCUT2D eigenvalue weighted by Gasteiger charge is 2.19. The van der Waals surface area contributed by atoms with Gasteiger partial charge in [0.15, 0.2) is 0 Å². The van der Waals surface area contributed by atoms with E-state index in [0.29, 0.717) is 4.88 Å². The summed E-state index contributed by atoms with van der Waals surface area (Å²) in [6.07, 6.45) is 1.42. The average molecular weight is 237 g/mol. The number of rotatable bonds is 2. The molecule has 0 bridgehead atoms. The molecule has 1 rings (SSSR count). The molecule has 0 saturated carbocycles. The predicted molar refractivity (Wildman–Crippen MR) is 54.5 cm³/mol. The SMILES string of the molecule is CC(C)(C)c1ncc(CS(=O)(=O)F)s1. The smallest absolute Gasteiger partial charge is 0.249 e. The third kappa shape index (κ3) is 3.34. The van der Waals surface area contributed by atoms with Crippen LogP contribution in [0.1, 0.15) is 30.7 Å². The molecule has 0 unspecified atom stereocenters. The minimum atomic E-state index is -4.44. The molecule has 1 aromatic rings. The fourth-order valence-corrected chi connectivity index (χ4v) is 2.73. The van der Waals surface area contributed by atoms with Crippen LogP contribution in [0.4, 0.5) is 3.89 Å². The second-order valence-electron chi connectivity index (χ2n) is 4.06. The van der Waals surface area contributed by atoms with Gasteiger partial charge in [-0.15, -0.1) is 15.2 Å². The first-order valence-corrected chi connectivity index (χ1v) is 6.43. The van der Waals surface area contributed by atoms with Crippen molar-refractivity contribution in [1.82, 2.24) is 4.98 Å². The first-order valence-electron chi connectivity index (χ1n) is 4.06. The summed E-state index contributed by atoms with van der Waals surface area (Å²) in [5, 5.41) is 0.816. The third-order valence-electron chi connectivity index (χ3n) is 1.51. The molecule has 0 aliphatic carbocycles. The first-order chi connectivity index (χ1) is 6.18. The van der Waals surface area contributed by atoms with Crippen LogP contribution < -0.4 is 0 Å². The largest absolute Gasteiger partial charge is 0.307 e. The van der Waals surface area contributed by atoms with Crippen molar-refractivity contribution in [3.8, 4) is 0 Å². The summed E-state index contributed by atoms with van der Waals surface area (Å²) in [5.41, 5.74) is -0.122. The quantitative estimate of drug-likeness (QED) is 0.741. The van der Waals surface area contributed by atoms with Gasteiger partial charge in [0, 0.05) is 16.5 Å². The molecule has 0 fully saturated rings. The topological polar surface area (TPSA) is 47.0 Å². The lowest BCUT2D eigenvalue weighted by molar-refractivity contribution is 0.551. The van der Waals surface area contributed by atoms with Gasteiger partial charge in [-0.05, 0) is 0 Å². The van der Waals surface area contributed by atoms with E-state index < -0.39 is 16.0 Å². The second-order valence-corrected chi connectivity index (χ2v) is 6.55. The van der Waals surface area contributed by atoms with Gasteiger partial charge in [0.1, 0.15) is 5.75 Å². The maximum absolute atomic E-state index is 12.3. The molecule has 0 N–H and O–H groups in total. The molecule has 1 aromatic heterocycles. The maximum Gasteiger partial charge on any atom is 0.307 e. The molecule has 1 heterocycles. The van der Waals surface area contributed by atoms with Crippen LogP contribution in [0.15, 0.2) is 6.20 Å². The highest BCUT2D eigenvalue weighted by molar-refractivity contribution is 7.85. The Bertz CT molecular complexity index is 417. The first kappa shape index (κ1) is 11.6. The van der Waals surface area contributed by atoms with E-state index in [0.717, 1.165) is 5.01 Å². The van der Waals surface area contributed by atoms with Crippen molar-refractivity contribution in [2.45, 2.75) is 31.9 Å². The molecule has 80 valence electrons. The lowest BCUT2D eigenvalue weighted by atomic mass is 9.98. The molecule has 0 aliphatic rings. The molecule has 0 atom stereocenters. The predicted octanol–water partition coefficient (Wildman–Crippen LogP) is 2.24. The fourth-order valence-electron chi connectivity index (χ4n) is 0.891. The van der Waals surface area contributed by atoms with Crippen LogP contribution in [0.5, 0.6) is 0 Å². The van der Waals surface area contributed by atoms with E-state index in [1.54, 1.807) is 0 Å². The third-order valence-corrected chi connectivity index (χ3v) is 3.77. The van der Waals surface area contributed by atoms with E-state index in [9.17, 15) is 12.3 Å². The summed E-state index contributed by atoms with van der Waals surface area (Å²) in [6.45, 7) is 5.92. The zero-order valence-electron chi connectivity index (χ0n) is 8.24. The zero-order valence-corrected chi connectivity index (χ0v) is 9.88. The van der Waals surface area contributed by atoms with E-state index in [4.69, 9.17) is 0 Å². The van der Waals surface area contributed by atoms with Gasteiger partial charge in [-0.1, -0.05) is 20.8 Å². The van der Waals surface area contributed by atoms with Gasteiger partial charge in [-0.2, -0.15) is 8.42 Å². The minimum absolute atomic E-state index is 0.122. The number of hydrogen-bond donors (Lipinski definition) is 0. The van der Waals surface area contributed by atoms with Crippen LogP contribution in [-0.4, -0.2) is 13.4 Å². The Hall–Kier alpha value is -0.490. The number of nitrogens with zero attached hydrogens (tertiary/aromatic N) is 1. The highest BCUT2D eigenvalue weighted by Crippen LogP contribution is 2.27. The molecule has 0 aromatic carbocycles. The zero-order chi connectivity index (χ0) is 11.0. The summed E-state index contributed by atoms with van der Waals surface area (Å²) < 4.78 is 33.1. The van der Waals surface area contributed by atoms with E-state index in [1.165, 1.54) is 17.5 Å². The molecule has 0 spiro atoms. The molecule has 3 nitrogen and oxygen atoms in total. The van der Waals surface area contributed by atoms with Crippen LogP contribution >= 0.6 is 11.3 Å². The molecule has 0 saturated heterocycles. The van der Waals surface area contributed by atoms with Gasteiger partial charge < -0.3 is 0 Å². The molecule has 0 aliphatic heterocycles. The maximum atomic E-state index is 12.3. The van der Waals surface area contributed by atoms with Crippen molar-refractivity contribution < 1.29 is 12.3 Å². The van der Waals surface area contributed by atoms with Crippen molar-refractivity contribution in [3.05, 3.63) is 16.1 Å². The van der Waals surface area contributed by atoms with Gasteiger partial charge in [0.05, 0.1) is 5.01 Å². The van der Waals surface area contributed by atoms with Gasteiger partial charge in [-0.25, -0.2) is 4.98 Å². The van der Waals surface area contributed by atoms with Crippen LogP contribution in [0.2, 0.25) is 0 Å². The van der Waals surface area contributed by atoms with E-state index in [-0.39, 0.29) is 5.41 Å². The van der Waals surface area contributed by atoms with Gasteiger partial charge in [0.25, 0.3) is 0 Å². The van der Waals surface area contributed by atoms with E-state index >= 15 is 0 Å². The second kappa shape index (κ2) is 3.58. The Morgan fingerprint density at radius 1 is 1.50 bits per heavy atom. The molecule has 0 amide bonds. The minimum Gasteiger partial charge on any atom is -0.249 e. The Morgan fingerprint density at radius 2 is 2.07 bits per heavy atom. The number of thiazole rings is 1. The summed E-state index contributed by atoms with van der Waals surface area (Å²) in [5.74, 6) is -0.569. The Morgan fingerprint density at radius 3 is 2.43 bits per heavy atom. The van der Waals surface area contributed by atoms with Crippen molar-refractivity contribution >= 4 is 21.6 Å². The van der Waals surface area contributed by atoms with Crippen LogP contribution in [-0.2, 0) is 21.4 Å². The summed E-state index contributed by atoms with van der Waals surface area (Å²) >= 11 is 1.24. The fraction of sp³-hybridized carbons (Fsp3) is 0.625. The Kier molecular flexibility index (Phi) is 2.96. The Balaban J connectivity index is 2.90. The Labute approximate surface area is 87.2 Å². The van der Waals surface area contributed by atoms with Crippen molar-refractivity contribution in [2.24, 2.45) is 0 Å². The van der Waals surface area contributed by atoms with Gasteiger partial charge in [-0.3, -0.25) is 0 Å². The lowest BCUT2D eigenvalue weighted by Gasteiger charge is -2.13. The summed E-state index contributed by atoms with van der Waals surface area (Å²) in [7, 11) is -4.44. The van der Waals surface area contributed by atoms with Crippen LogP contribution in [0.3, 0.4) is 0 Å². The molecular formula is C8H12FNO2S2. The highest BCUT2D eigenvalue weighted by atomic mass is 32.3.